The van der Waals surface area contributed by atoms with Gasteiger partial charge in [-0.2, -0.15) is 0 Å². The fourth-order valence-corrected chi connectivity index (χ4v) is 1.94. The number of alkyl halides is 3. The van der Waals surface area contributed by atoms with Crippen molar-refractivity contribution in [2.45, 2.75) is 62.7 Å². The largest absolute Gasteiger partial charge is 0.350 e. The van der Waals surface area contributed by atoms with Gasteiger partial charge in [-0.15, -0.1) is 0 Å². The number of carbonyl (C=O) groups excluding carboxylic acids is 1. The molecule has 1 N–H and O–H groups in total. The van der Waals surface area contributed by atoms with Gasteiger partial charge in [0, 0.05) is 29.1 Å². The number of nitrogens with one attached hydrogen (secondary N) is 1. The first-order valence-corrected chi connectivity index (χ1v) is 6.89. The zero-order valence-corrected chi connectivity index (χ0v) is 12.1. The highest BCUT2D eigenvalue weighted by Gasteiger charge is 2.38. The molecule has 1 amide bonds. The van der Waals surface area contributed by atoms with Crippen LogP contribution in [0.4, 0.5) is 8.78 Å². The van der Waals surface area contributed by atoms with Crippen LogP contribution < -0.4 is 5.32 Å². The van der Waals surface area contributed by atoms with Crippen LogP contribution in [0.5, 0.6) is 0 Å². The van der Waals surface area contributed by atoms with Crippen LogP contribution in [0.3, 0.4) is 0 Å². The molecule has 0 aromatic carbocycles. The SMILES string of the molecule is CC(Br)C(C)(C)NC(=O)C1CCC(F)(F)CC1. The molecule has 0 saturated heterocycles. The van der Waals surface area contributed by atoms with Crippen LogP contribution in [-0.2, 0) is 4.79 Å². The standard InChI is InChI=1S/C12H20BrF2NO/c1-8(13)11(2,3)16-10(17)9-4-6-12(14,15)7-5-9/h8-9H,4-7H2,1-3H3,(H,16,17). The molecular weight excluding hydrogens is 292 g/mol. The summed E-state index contributed by atoms with van der Waals surface area (Å²) in [5.74, 6) is -2.94. The molecular formula is C12H20BrF2NO. The Labute approximate surface area is 110 Å². The predicted octanol–water partition coefficient (Wildman–Crippen LogP) is 3.49. The van der Waals surface area contributed by atoms with Gasteiger partial charge in [0.25, 0.3) is 0 Å². The molecule has 0 bridgehead atoms. The number of amides is 1. The Bertz CT molecular complexity index is 282. The Balaban J connectivity index is 2.50. The van der Waals surface area contributed by atoms with E-state index in [0.29, 0.717) is 0 Å². The van der Waals surface area contributed by atoms with E-state index in [1.165, 1.54) is 0 Å². The second-order valence-corrected chi connectivity index (χ2v) is 6.83. The van der Waals surface area contributed by atoms with Crippen molar-refractivity contribution in [3.63, 3.8) is 0 Å². The van der Waals surface area contributed by atoms with Gasteiger partial charge in [0.05, 0.1) is 0 Å². The van der Waals surface area contributed by atoms with Gasteiger partial charge in [0.15, 0.2) is 0 Å². The molecule has 0 aliphatic heterocycles. The molecule has 0 heterocycles. The van der Waals surface area contributed by atoms with E-state index in [1.54, 1.807) is 0 Å². The Morgan fingerprint density at radius 3 is 2.29 bits per heavy atom. The van der Waals surface area contributed by atoms with E-state index in [9.17, 15) is 13.6 Å². The quantitative estimate of drug-likeness (QED) is 0.794. The van der Waals surface area contributed by atoms with Gasteiger partial charge in [-0.05, 0) is 26.7 Å². The molecule has 0 aromatic heterocycles. The van der Waals surface area contributed by atoms with Crippen molar-refractivity contribution in [3.05, 3.63) is 0 Å². The van der Waals surface area contributed by atoms with Crippen LogP contribution >= 0.6 is 15.9 Å². The third-order valence-electron chi connectivity index (χ3n) is 3.53. The molecule has 5 heteroatoms. The smallest absolute Gasteiger partial charge is 0.248 e. The highest BCUT2D eigenvalue weighted by molar-refractivity contribution is 9.09. The van der Waals surface area contributed by atoms with E-state index in [2.05, 4.69) is 21.2 Å². The first-order valence-electron chi connectivity index (χ1n) is 5.98. The van der Waals surface area contributed by atoms with E-state index in [-0.39, 0.29) is 47.9 Å². The third kappa shape index (κ3) is 4.19. The van der Waals surface area contributed by atoms with Crippen molar-refractivity contribution < 1.29 is 13.6 Å². The second kappa shape index (κ2) is 5.21. The fraction of sp³-hybridized carbons (Fsp3) is 0.917. The van der Waals surface area contributed by atoms with Gasteiger partial charge < -0.3 is 5.32 Å². The highest BCUT2D eigenvalue weighted by atomic mass is 79.9. The van der Waals surface area contributed by atoms with Crippen molar-refractivity contribution in [1.82, 2.24) is 5.32 Å². The average Bonchev–Trinajstić information content (AvgIpc) is 2.16. The van der Waals surface area contributed by atoms with E-state index >= 15 is 0 Å². The summed E-state index contributed by atoms with van der Waals surface area (Å²) in [7, 11) is 0. The normalized spacial score (nSPS) is 23.2. The number of hydrogen-bond acceptors (Lipinski definition) is 1. The van der Waals surface area contributed by atoms with Crippen LogP contribution in [0.15, 0.2) is 0 Å². The summed E-state index contributed by atoms with van der Waals surface area (Å²) >= 11 is 3.43. The average molecular weight is 312 g/mol. The lowest BCUT2D eigenvalue weighted by Gasteiger charge is -2.33. The van der Waals surface area contributed by atoms with Gasteiger partial charge in [-0.3, -0.25) is 4.79 Å². The van der Waals surface area contributed by atoms with Crippen molar-refractivity contribution in [2.24, 2.45) is 5.92 Å². The summed E-state index contributed by atoms with van der Waals surface area (Å²) in [5, 5.41) is 2.92. The summed E-state index contributed by atoms with van der Waals surface area (Å²) in [6.07, 6.45) is 0.224. The van der Waals surface area contributed by atoms with Crippen LogP contribution in [0.1, 0.15) is 46.5 Å². The molecule has 1 saturated carbocycles. The van der Waals surface area contributed by atoms with Crippen molar-refractivity contribution in [1.29, 1.82) is 0 Å². The topological polar surface area (TPSA) is 29.1 Å². The van der Waals surface area contributed by atoms with Crippen molar-refractivity contribution >= 4 is 21.8 Å². The van der Waals surface area contributed by atoms with E-state index < -0.39 is 5.92 Å². The first kappa shape index (κ1) is 14.9. The lowest BCUT2D eigenvalue weighted by atomic mass is 9.85. The Kier molecular flexibility index (Phi) is 4.55. The number of carbonyl (C=O) groups is 1. The summed E-state index contributed by atoms with van der Waals surface area (Å²) in [4.78, 5) is 12.1. The van der Waals surface area contributed by atoms with Gasteiger partial charge in [-0.25, -0.2) is 8.78 Å². The molecule has 0 spiro atoms. The van der Waals surface area contributed by atoms with E-state index in [1.807, 2.05) is 20.8 Å². The third-order valence-corrected chi connectivity index (χ3v) is 4.67. The van der Waals surface area contributed by atoms with E-state index in [0.717, 1.165) is 0 Å². The summed E-state index contributed by atoms with van der Waals surface area (Å²) in [5.41, 5.74) is -0.364. The maximum Gasteiger partial charge on any atom is 0.248 e. The zero-order valence-electron chi connectivity index (χ0n) is 10.5. The van der Waals surface area contributed by atoms with Crippen LogP contribution in [-0.4, -0.2) is 22.2 Å². The minimum atomic E-state index is -2.57. The molecule has 1 aliphatic rings. The maximum absolute atomic E-state index is 13.0. The van der Waals surface area contributed by atoms with Crippen LogP contribution in [0.25, 0.3) is 0 Å². The van der Waals surface area contributed by atoms with Crippen molar-refractivity contribution in [3.8, 4) is 0 Å². The molecule has 100 valence electrons. The Morgan fingerprint density at radius 2 is 1.88 bits per heavy atom. The summed E-state index contributed by atoms with van der Waals surface area (Å²) < 4.78 is 25.9. The van der Waals surface area contributed by atoms with Crippen molar-refractivity contribution in [2.75, 3.05) is 0 Å². The van der Waals surface area contributed by atoms with Gasteiger partial charge in [-0.1, -0.05) is 22.9 Å². The summed E-state index contributed by atoms with van der Waals surface area (Å²) in [6, 6.07) is 0. The van der Waals surface area contributed by atoms with E-state index in [4.69, 9.17) is 0 Å². The predicted molar refractivity (Wildman–Crippen MR) is 67.5 cm³/mol. The van der Waals surface area contributed by atoms with Crippen LogP contribution in [0, 0.1) is 5.92 Å². The first-order chi connectivity index (χ1) is 7.64. The number of halogens is 3. The number of rotatable bonds is 3. The fourth-order valence-electron chi connectivity index (χ4n) is 1.82. The maximum atomic E-state index is 13.0. The molecule has 1 rings (SSSR count). The lowest BCUT2D eigenvalue weighted by molar-refractivity contribution is -0.130. The molecule has 1 unspecified atom stereocenters. The molecule has 1 fully saturated rings. The molecule has 1 atom stereocenters. The monoisotopic (exact) mass is 311 g/mol. The van der Waals surface area contributed by atoms with Gasteiger partial charge >= 0.3 is 0 Å². The van der Waals surface area contributed by atoms with Gasteiger partial charge in [0.2, 0.25) is 11.8 Å². The van der Waals surface area contributed by atoms with Gasteiger partial charge in [0.1, 0.15) is 0 Å². The molecule has 0 aromatic rings. The number of hydrogen-bond donors (Lipinski definition) is 1. The molecule has 2 nitrogen and oxygen atoms in total. The highest BCUT2D eigenvalue weighted by Crippen LogP contribution is 2.36. The molecule has 0 radical (unpaired) electrons. The zero-order chi connectivity index (χ0) is 13.3. The minimum absolute atomic E-state index is 0.100. The second-order valence-electron chi connectivity index (χ2n) is 5.46. The van der Waals surface area contributed by atoms with Crippen LogP contribution in [0.2, 0.25) is 0 Å². The molecule has 1 aliphatic carbocycles. The lowest BCUT2D eigenvalue weighted by Crippen LogP contribution is -2.51. The summed E-state index contributed by atoms with van der Waals surface area (Å²) in [6.45, 7) is 5.79. The minimum Gasteiger partial charge on any atom is -0.350 e. The Hall–Kier alpha value is -0.190. The Morgan fingerprint density at radius 1 is 1.41 bits per heavy atom. The molecule has 17 heavy (non-hydrogen) atoms.